The SMILES string of the molecule is CCN(Cc1cccc(F)c1)C(=O)COC(=O)CCn1cnc2sc3c(c2c1=O)CCCC3. The highest BCUT2D eigenvalue weighted by molar-refractivity contribution is 7.18. The molecule has 3 aromatic rings. The Morgan fingerprint density at radius 1 is 1.27 bits per heavy atom. The molecule has 2 heterocycles. The molecule has 1 amide bonds. The Bertz CT molecular complexity index is 1240. The van der Waals surface area contributed by atoms with Crippen LogP contribution in [0.1, 0.15) is 42.2 Å². The molecule has 1 aliphatic rings. The van der Waals surface area contributed by atoms with Crippen molar-refractivity contribution in [3.8, 4) is 0 Å². The van der Waals surface area contributed by atoms with Gasteiger partial charge in [-0.2, -0.15) is 0 Å². The van der Waals surface area contributed by atoms with E-state index in [-0.39, 0.29) is 36.8 Å². The van der Waals surface area contributed by atoms with Gasteiger partial charge in [0.25, 0.3) is 11.5 Å². The van der Waals surface area contributed by atoms with Crippen LogP contribution in [0.5, 0.6) is 0 Å². The van der Waals surface area contributed by atoms with Crippen LogP contribution in [0.3, 0.4) is 0 Å². The minimum Gasteiger partial charge on any atom is -0.456 e. The molecule has 0 aliphatic heterocycles. The first-order valence-electron chi connectivity index (χ1n) is 11.1. The number of aryl methyl sites for hydroxylation is 3. The number of esters is 1. The van der Waals surface area contributed by atoms with Crippen molar-refractivity contribution in [3.63, 3.8) is 0 Å². The number of carbonyl (C=O) groups excluding carboxylic acids is 2. The lowest BCUT2D eigenvalue weighted by molar-refractivity contribution is -0.152. The fraction of sp³-hybridized carbons (Fsp3) is 0.417. The second kappa shape index (κ2) is 10.2. The summed E-state index contributed by atoms with van der Waals surface area (Å²) in [6.07, 6.45) is 5.53. The van der Waals surface area contributed by atoms with Gasteiger partial charge in [-0.05, 0) is 55.9 Å². The zero-order chi connectivity index (χ0) is 23.4. The summed E-state index contributed by atoms with van der Waals surface area (Å²) in [5.41, 5.74) is 1.64. The lowest BCUT2D eigenvalue weighted by Crippen LogP contribution is -2.34. The first-order valence-corrected chi connectivity index (χ1v) is 12.0. The molecule has 0 bridgehead atoms. The lowest BCUT2D eigenvalue weighted by Gasteiger charge is -2.21. The van der Waals surface area contributed by atoms with Gasteiger partial charge in [-0.3, -0.25) is 19.0 Å². The molecule has 4 rings (SSSR count). The molecule has 0 spiro atoms. The summed E-state index contributed by atoms with van der Waals surface area (Å²) >= 11 is 1.59. The zero-order valence-electron chi connectivity index (χ0n) is 18.5. The number of nitrogens with zero attached hydrogens (tertiary/aromatic N) is 3. The maximum atomic E-state index is 13.4. The Hall–Kier alpha value is -3.07. The van der Waals surface area contributed by atoms with E-state index in [1.807, 2.05) is 0 Å². The van der Waals surface area contributed by atoms with Gasteiger partial charge in [0.05, 0.1) is 18.1 Å². The third-order valence-electron chi connectivity index (χ3n) is 5.85. The second-order valence-electron chi connectivity index (χ2n) is 8.08. The Morgan fingerprint density at radius 2 is 2.09 bits per heavy atom. The van der Waals surface area contributed by atoms with Crippen molar-refractivity contribution < 1.29 is 18.7 Å². The Morgan fingerprint density at radius 3 is 2.88 bits per heavy atom. The van der Waals surface area contributed by atoms with E-state index in [2.05, 4.69) is 4.98 Å². The molecule has 0 unspecified atom stereocenters. The molecule has 174 valence electrons. The summed E-state index contributed by atoms with van der Waals surface area (Å²) < 4.78 is 20.0. The van der Waals surface area contributed by atoms with Crippen LogP contribution < -0.4 is 5.56 Å². The molecule has 0 atom stereocenters. The summed E-state index contributed by atoms with van der Waals surface area (Å²) in [4.78, 5) is 45.5. The predicted octanol–water partition coefficient (Wildman–Crippen LogP) is 3.46. The smallest absolute Gasteiger partial charge is 0.308 e. The van der Waals surface area contributed by atoms with Crippen LogP contribution in [-0.2, 0) is 40.3 Å². The van der Waals surface area contributed by atoms with Gasteiger partial charge in [-0.1, -0.05) is 12.1 Å². The van der Waals surface area contributed by atoms with Crippen molar-refractivity contribution in [2.24, 2.45) is 0 Å². The molecular weight excluding hydrogens is 445 g/mol. The maximum absolute atomic E-state index is 13.4. The highest BCUT2D eigenvalue weighted by Crippen LogP contribution is 2.33. The van der Waals surface area contributed by atoms with Crippen molar-refractivity contribution in [2.75, 3.05) is 13.2 Å². The van der Waals surface area contributed by atoms with Gasteiger partial charge in [0.1, 0.15) is 10.6 Å². The van der Waals surface area contributed by atoms with Crippen LogP contribution in [0, 0.1) is 5.82 Å². The normalized spacial score (nSPS) is 13.0. The van der Waals surface area contributed by atoms with Crippen molar-refractivity contribution in [2.45, 2.75) is 52.1 Å². The lowest BCUT2D eigenvalue weighted by atomic mass is 9.97. The van der Waals surface area contributed by atoms with Gasteiger partial charge in [-0.25, -0.2) is 9.37 Å². The number of rotatable bonds is 8. The maximum Gasteiger partial charge on any atom is 0.308 e. The number of aromatic nitrogens is 2. The highest BCUT2D eigenvalue weighted by Gasteiger charge is 2.20. The second-order valence-corrected chi connectivity index (χ2v) is 9.17. The van der Waals surface area contributed by atoms with E-state index in [4.69, 9.17) is 4.74 Å². The van der Waals surface area contributed by atoms with Crippen LogP contribution >= 0.6 is 11.3 Å². The number of thiophene rings is 1. The van der Waals surface area contributed by atoms with Crippen molar-refractivity contribution in [1.82, 2.24) is 14.5 Å². The molecule has 2 aromatic heterocycles. The molecule has 7 nitrogen and oxygen atoms in total. The molecule has 0 saturated carbocycles. The molecule has 1 aromatic carbocycles. The number of halogens is 1. The molecule has 33 heavy (non-hydrogen) atoms. The average molecular weight is 472 g/mol. The van der Waals surface area contributed by atoms with Crippen LogP contribution in [0.15, 0.2) is 35.4 Å². The minimum atomic E-state index is -0.565. The summed E-state index contributed by atoms with van der Waals surface area (Å²) in [5, 5.41) is 0.677. The summed E-state index contributed by atoms with van der Waals surface area (Å²) in [6.45, 7) is 2.18. The largest absolute Gasteiger partial charge is 0.456 e. The summed E-state index contributed by atoms with van der Waals surface area (Å²) in [6, 6.07) is 6.03. The fourth-order valence-corrected chi connectivity index (χ4v) is 5.31. The van der Waals surface area contributed by atoms with Crippen LogP contribution in [0.25, 0.3) is 10.2 Å². The number of benzene rings is 1. The van der Waals surface area contributed by atoms with Gasteiger partial charge in [0.15, 0.2) is 6.61 Å². The summed E-state index contributed by atoms with van der Waals surface area (Å²) in [7, 11) is 0. The van der Waals surface area contributed by atoms with E-state index < -0.39 is 12.6 Å². The standard InChI is InChI=1S/C24H26FN3O4S/c1-2-27(13-16-6-5-7-17(25)12-16)20(29)14-32-21(30)10-11-28-15-26-23-22(24(28)31)18-8-3-4-9-19(18)33-23/h5-7,12,15H,2-4,8-11,13-14H2,1H3. The van der Waals surface area contributed by atoms with Crippen molar-refractivity contribution in [1.29, 1.82) is 0 Å². The highest BCUT2D eigenvalue weighted by atomic mass is 32.1. The fourth-order valence-electron chi connectivity index (χ4n) is 4.09. The predicted molar refractivity (Wildman–Crippen MR) is 124 cm³/mol. The number of hydrogen-bond donors (Lipinski definition) is 0. The monoisotopic (exact) mass is 471 g/mol. The van der Waals surface area contributed by atoms with Crippen molar-refractivity contribution >= 4 is 33.4 Å². The Labute approximate surface area is 194 Å². The number of carbonyl (C=O) groups is 2. The molecule has 0 radical (unpaired) electrons. The van der Waals surface area contributed by atoms with E-state index in [0.29, 0.717) is 17.5 Å². The van der Waals surface area contributed by atoms with Gasteiger partial charge in [-0.15, -0.1) is 11.3 Å². The first kappa shape index (κ1) is 23.1. The van der Waals surface area contributed by atoms with E-state index >= 15 is 0 Å². The molecule has 0 saturated heterocycles. The van der Waals surface area contributed by atoms with E-state index in [1.54, 1.807) is 30.4 Å². The number of amides is 1. The van der Waals surface area contributed by atoms with Crippen LogP contribution in [0.4, 0.5) is 4.39 Å². The number of likely N-dealkylation sites (N-methyl/N-ethyl adjacent to an activating group) is 1. The average Bonchev–Trinajstić information content (AvgIpc) is 3.20. The Kier molecular flexibility index (Phi) is 7.17. The number of fused-ring (bicyclic) bond motifs is 3. The molecular formula is C24H26FN3O4S. The van der Waals surface area contributed by atoms with Gasteiger partial charge in [0.2, 0.25) is 0 Å². The van der Waals surface area contributed by atoms with Gasteiger partial charge >= 0.3 is 5.97 Å². The number of ether oxygens (including phenoxy) is 1. The molecule has 1 aliphatic carbocycles. The first-order chi connectivity index (χ1) is 16.0. The molecule has 0 fully saturated rings. The van der Waals surface area contributed by atoms with E-state index in [1.165, 1.54) is 32.8 Å². The molecule has 0 N–H and O–H groups in total. The quantitative estimate of drug-likeness (QED) is 0.470. The van der Waals surface area contributed by atoms with Crippen molar-refractivity contribution in [3.05, 3.63) is 62.8 Å². The van der Waals surface area contributed by atoms with Crippen LogP contribution in [0.2, 0.25) is 0 Å². The Balaban J connectivity index is 1.32. The van der Waals surface area contributed by atoms with Crippen LogP contribution in [-0.4, -0.2) is 39.5 Å². The third kappa shape index (κ3) is 5.30. The minimum absolute atomic E-state index is 0.0390. The topological polar surface area (TPSA) is 81.5 Å². The van der Waals surface area contributed by atoms with Gasteiger partial charge < -0.3 is 9.64 Å². The zero-order valence-corrected chi connectivity index (χ0v) is 19.3. The number of hydrogen-bond acceptors (Lipinski definition) is 6. The third-order valence-corrected chi connectivity index (χ3v) is 7.05. The molecule has 9 heteroatoms. The van der Waals surface area contributed by atoms with Gasteiger partial charge in [0, 0.05) is 24.5 Å². The van der Waals surface area contributed by atoms with E-state index in [0.717, 1.165) is 36.1 Å². The summed E-state index contributed by atoms with van der Waals surface area (Å²) in [5.74, 6) is -1.29. The van der Waals surface area contributed by atoms with E-state index in [9.17, 15) is 18.8 Å².